The minimum absolute atomic E-state index is 0.765. The van der Waals surface area contributed by atoms with Crippen LogP contribution in [0.3, 0.4) is 0 Å². The van der Waals surface area contributed by atoms with Crippen molar-refractivity contribution in [3.63, 3.8) is 0 Å². The third-order valence-electron chi connectivity index (χ3n) is 3.22. The molecule has 0 unspecified atom stereocenters. The maximum absolute atomic E-state index is 6.01. The number of nitrogen functional groups attached to an aromatic ring is 1. The van der Waals surface area contributed by atoms with E-state index >= 15 is 0 Å². The minimum atomic E-state index is 0.765. The fourth-order valence-corrected chi connectivity index (χ4v) is 2.29. The van der Waals surface area contributed by atoms with Gasteiger partial charge in [-0.2, -0.15) is 5.10 Å². The Kier molecular flexibility index (Phi) is 2.33. The van der Waals surface area contributed by atoms with E-state index in [9.17, 15) is 0 Å². The Hall–Kier alpha value is -2.29. The first kappa shape index (κ1) is 10.8. The summed E-state index contributed by atoms with van der Waals surface area (Å²) in [6, 6.07) is 14.3. The van der Waals surface area contributed by atoms with Gasteiger partial charge in [-0.05, 0) is 13.0 Å². The summed E-state index contributed by atoms with van der Waals surface area (Å²) in [7, 11) is 1.93. The van der Waals surface area contributed by atoms with Gasteiger partial charge < -0.3 is 5.73 Å². The van der Waals surface area contributed by atoms with Crippen LogP contribution in [0, 0.1) is 6.92 Å². The Morgan fingerprint density at radius 3 is 2.50 bits per heavy atom. The summed E-state index contributed by atoms with van der Waals surface area (Å²) in [5.74, 6) is 0. The summed E-state index contributed by atoms with van der Waals surface area (Å²) in [5.41, 5.74) is 11.1. The number of hydrogen-bond acceptors (Lipinski definition) is 2. The molecule has 2 N–H and O–H groups in total. The molecule has 3 aromatic rings. The Balaban J connectivity index is 2.30. The second-order valence-electron chi connectivity index (χ2n) is 4.58. The number of nitrogens with two attached hydrogens (primary N) is 1. The topological polar surface area (TPSA) is 43.8 Å². The lowest BCUT2D eigenvalue weighted by atomic mass is 10.1. The number of anilines is 1. The molecule has 0 fully saturated rings. The highest BCUT2D eigenvalue weighted by Gasteiger charge is 2.11. The van der Waals surface area contributed by atoms with Gasteiger partial charge in [-0.1, -0.05) is 42.0 Å². The molecule has 3 heteroatoms. The van der Waals surface area contributed by atoms with E-state index in [1.165, 1.54) is 5.56 Å². The fourth-order valence-electron chi connectivity index (χ4n) is 2.29. The summed E-state index contributed by atoms with van der Waals surface area (Å²) in [4.78, 5) is 0. The number of aryl methyl sites for hydroxylation is 2. The predicted molar refractivity (Wildman–Crippen MR) is 75.3 cm³/mol. The molecule has 2 aromatic carbocycles. The van der Waals surface area contributed by atoms with Crippen LogP contribution in [0.1, 0.15) is 5.56 Å². The Morgan fingerprint density at radius 1 is 1.06 bits per heavy atom. The van der Waals surface area contributed by atoms with Crippen molar-refractivity contribution in [2.45, 2.75) is 6.92 Å². The van der Waals surface area contributed by atoms with Crippen molar-refractivity contribution >= 4 is 16.6 Å². The number of rotatable bonds is 1. The van der Waals surface area contributed by atoms with E-state index in [1.807, 2.05) is 23.9 Å². The average Bonchev–Trinajstić information content (AvgIpc) is 2.69. The molecule has 18 heavy (non-hydrogen) atoms. The number of fused-ring (bicyclic) bond motifs is 1. The first-order valence-electron chi connectivity index (χ1n) is 5.95. The van der Waals surface area contributed by atoms with Gasteiger partial charge in [-0.3, -0.25) is 4.68 Å². The van der Waals surface area contributed by atoms with Crippen molar-refractivity contribution in [1.82, 2.24) is 9.78 Å². The number of nitrogens with zero attached hydrogens (tertiary/aromatic N) is 2. The second-order valence-corrected chi connectivity index (χ2v) is 4.58. The third-order valence-corrected chi connectivity index (χ3v) is 3.22. The van der Waals surface area contributed by atoms with E-state index < -0.39 is 0 Å². The minimum Gasteiger partial charge on any atom is -0.397 e. The monoisotopic (exact) mass is 237 g/mol. The smallest absolute Gasteiger partial charge is 0.100 e. The van der Waals surface area contributed by atoms with Crippen LogP contribution in [0.25, 0.3) is 22.2 Å². The second kappa shape index (κ2) is 3.88. The van der Waals surface area contributed by atoms with Crippen molar-refractivity contribution in [2.75, 3.05) is 5.73 Å². The summed E-state index contributed by atoms with van der Waals surface area (Å²) in [6.45, 7) is 2.08. The van der Waals surface area contributed by atoms with Crippen molar-refractivity contribution < 1.29 is 0 Å². The molecule has 3 nitrogen and oxygen atoms in total. The van der Waals surface area contributed by atoms with Crippen LogP contribution in [-0.2, 0) is 7.05 Å². The van der Waals surface area contributed by atoms with Crippen LogP contribution >= 0.6 is 0 Å². The highest BCUT2D eigenvalue weighted by Crippen LogP contribution is 2.30. The quantitative estimate of drug-likeness (QED) is 0.661. The standard InChI is InChI=1S/C15H15N3/c1-10-6-8-11(9-7-10)14-12-4-3-5-13(16)15(12)18(2)17-14/h3-9H,16H2,1-2H3. The highest BCUT2D eigenvalue weighted by molar-refractivity contribution is 5.99. The van der Waals surface area contributed by atoms with E-state index in [-0.39, 0.29) is 0 Å². The Morgan fingerprint density at radius 2 is 1.78 bits per heavy atom. The normalized spacial score (nSPS) is 11.0. The van der Waals surface area contributed by atoms with Crippen LogP contribution in [0.4, 0.5) is 5.69 Å². The maximum atomic E-state index is 6.01. The molecule has 0 atom stereocenters. The zero-order chi connectivity index (χ0) is 12.7. The molecule has 0 aliphatic rings. The fraction of sp³-hybridized carbons (Fsp3) is 0.133. The molecule has 3 rings (SSSR count). The molecule has 90 valence electrons. The van der Waals surface area contributed by atoms with Crippen molar-refractivity contribution in [3.8, 4) is 11.3 Å². The van der Waals surface area contributed by atoms with Crippen LogP contribution in [0.5, 0.6) is 0 Å². The summed E-state index contributed by atoms with van der Waals surface area (Å²) >= 11 is 0. The van der Waals surface area contributed by atoms with E-state index in [4.69, 9.17) is 5.73 Å². The highest BCUT2D eigenvalue weighted by atomic mass is 15.3. The molecular formula is C15H15N3. The van der Waals surface area contributed by atoms with Gasteiger partial charge >= 0.3 is 0 Å². The summed E-state index contributed by atoms with van der Waals surface area (Å²) in [5, 5.41) is 5.69. The van der Waals surface area contributed by atoms with Crippen LogP contribution < -0.4 is 5.73 Å². The van der Waals surface area contributed by atoms with Gasteiger partial charge in [0.2, 0.25) is 0 Å². The van der Waals surface area contributed by atoms with Crippen molar-refractivity contribution in [2.24, 2.45) is 7.05 Å². The van der Waals surface area contributed by atoms with Gasteiger partial charge in [0.05, 0.1) is 11.2 Å². The Bertz CT molecular complexity index is 708. The van der Waals surface area contributed by atoms with E-state index in [0.29, 0.717) is 0 Å². The largest absolute Gasteiger partial charge is 0.397 e. The number of hydrogen-bond donors (Lipinski definition) is 1. The number of benzene rings is 2. The molecule has 0 saturated carbocycles. The first-order valence-corrected chi connectivity index (χ1v) is 5.95. The Labute approximate surface area is 106 Å². The summed E-state index contributed by atoms with van der Waals surface area (Å²) in [6.07, 6.45) is 0. The summed E-state index contributed by atoms with van der Waals surface area (Å²) < 4.78 is 1.85. The predicted octanol–water partition coefficient (Wildman–Crippen LogP) is 3.13. The molecule has 0 amide bonds. The molecule has 1 heterocycles. The van der Waals surface area contributed by atoms with Crippen LogP contribution in [0.2, 0.25) is 0 Å². The number of aromatic nitrogens is 2. The van der Waals surface area contributed by atoms with Gasteiger partial charge in [-0.15, -0.1) is 0 Å². The van der Waals surface area contributed by atoms with E-state index in [0.717, 1.165) is 27.8 Å². The van der Waals surface area contributed by atoms with E-state index in [2.05, 4.69) is 42.4 Å². The molecule has 0 aliphatic carbocycles. The third kappa shape index (κ3) is 1.56. The maximum Gasteiger partial charge on any atom is 0.100 e. The number of para-hydroxylation sites is 1. The van der Waals surface area contributed by atoms with Crippen molar-refractivity contribution in [3.05, 3.63) is 48.0 Å². The van der Waals surface area contributed by atoms with Gasteiger partial charge in [-0.25, -0.2) is 0 Å². The molecular weight excluding hydrogens is 222 g/mol. The SMILES string of the molecule is Cc1ccc(-c2nn(C)c3c(N)cccc23)cc1. The molecule has 0 radical (unpaired) electrons. The molecule has 0 bridgehead atoms. The van der Waals surface area contributed by atoms with Gasteiger partial charge in [0.25, 0.3) is 0 Å². The zero-order valence-electron chi connectivity index (χ0n) is 10.5. The lowest BCUT2D eigenvalue weighted by Crippen LogP contribution is -1.94. The van der Waals surface area contributed by atoms with Gasteiger partial charge in [0.1, 0.15) is 5.69 Å². The average molecular weight is 237 g/mol. The lowest BCUT2D eigenvalue weighted by molar-refractivity contribution is 0.801. The van der Waals surface area contributed by atoms with Gasteiger partial charge in [0, 0.05) is 18.0 Å². The molecule has 0 saturated heterocycles. The van der Waals surface area contributed by atoms with Crippen LogP contribution in [-0.4, -0.2) is 9.78 Å². The van der Waals surface area contributed by atoms with E-state index in [1.54, 1.807) is 0 Å². The van der Waals surface area contributed by atoms with Crippen LogP contribution in [0.15, 0.2) is 42.5 Å². The zero-order valence-corrected chi connectivity index (χ0v) is 10.5. The van der Waals surface area contributed by atoms with Gasteiger partial charge in [0.15, 0.2) is 0 Å². The molecule has 0 spiro atoms. The molecule has 0 aliphatic heterocycles. The van der Waals surface area contributed by atoms with Crippen molar-refractivity contribution in [1.29, 1.82) is 0 Å². The first-order chi connectivity index (χ1) is 8.66. The molecule has 1 aromatic heterocycles. The lowest BCUT2D eigenvalue weighted by Gasteiger charge is -1.99.